The number of para-hydroxylation sites is 2. The van der Waals surface area contributed by atoms with Gasteiger partial charge in [0, 0.05) is 0 Å². The summed E-state index contributed by atoms with van der Waals surface area (Å²) in [5.41, 5.74) is 0.456. The van der Waals surface area contributed by atoms with Gasteiger partial charge >= 0.3 is 12.0 Å². The summed E-state index contributed by atoms with van der Waals surface area (Å²) in [6.45, 7) is 0. The number of hydrogen-bond donors (Lipinski definition) is 4. The van der Waals surface area contributed by atoms with E-state index in [1.54, 1.807) is 24.3 Å². The van der Waals surface area contributed by atoms with Crippen molar-refractivity contribution >= 4 is 29.1 Å². The number of benzene rings is 2. The molecule has 0 aromatic heterocycles. The van der Waals surface area contributed by atoms with Gasteiger partial charge in [0.1, 0.15) is 17.0 Å². The topological polar surface area (TPSA) is 113 Å². The van der Waals surface area contributed by atoms with Crippen LogP contribution in [0.4, 0.5) is 21.9 Å². The Labute approximate surface area is 124 Å². The molecule has 2 amide bonds. The maximum atomic E-state index is 12.1. The van der Waals surface area contributed by atoms with Gasteiger partial charge in [-0.25, -0.2) is 9.59 Å². The highest BCUT2D eigenvalue weighted by molar-refractivity contribution is 6.08. The van der Waals surface area contributed by atoms with Crippen molar-refractivity contribution < 1.29 is 25.0 Å². The van der Waals surface area contributed by atoms with Gasteiger partial charge in [-0.1, -0.05) is 12.1 Å². The number of amides is 2. The molecule has 0 saturated carbocycles. The zero-order valence-corrected chi connectivity index (χ0v) is 11.1. The van der Waals surface area contributed by atoms with Gasteiger partial charge in [-0.15, -0.1) is 0 Å². The summed E-state index contributed by atoms with van der Waals surface area (Å²) in [7, 11) is 0. The molecule has 0 fully saturated rings. The molecule has 8 heteroatoms. The number of hydrogen-bond acceptors (Lipinski definition) is 5. The van der Waals surface area contributed by atoms with Gasteiger partial charge in [-0.2, -0.15) is 10.2 Å². The molecule has 0 atom stereocenters. The molecule has 2 aromatic rings. The zero-order chi connectivity index (χ0) is 15.9. The second-order valence-electron chi connectivity index (χ2n) is 4.56. The smallest absolute Gasteiger partial charge is 0.347 e. The minimum absolute atomic E-state index is 0.0877. The fourth-order valence-corrected chi connectivity index (χ4v) is 2.17. The van der Waals surface area contributed by atoms with E-state index in [4.69, 9.17) is 5.11 Å². The SMILES string of the molecule is O=C(O)c1cc(N2C(=O)Nc3ccccc3N2O)ccc1O. The molecule has 3 rings (SSSR count). The number of carboxylic acid groups (broad SMARTS) is 1. The molecule has 4 N–H and O–H groups in total. The number of anilines is 3. The molecule has 0 unspecified atom stereocenters. The molecule has 0 spiro atoms. The summed E-state index contributed by atoms with van der Waals surface area (Å²) < 4.78 is 0. The number of fused-ring (bicyclic) bond motifs is 1. The molecular formula is C14H11N3O5. The number of urea groups is 1. The fraction of sp³-hybridized carbons (Fsp3) is 0. The third-order valence-corrected chi connectivity index (χ3v) is 3.20. The first kappa shape index (κ1) is 13.7. The van der Waals surface area contributed by atoms with Crippen LogP contribution >= 0.6 is 0 Å². The molecule has 0 aliphatic carbocycles. The van der Waals surface area contributed by atoms with Crippen molar-refractivity contribution in [1.82, 2.24) is 0 Å². The van der Waals surface area contributed by atoms with Crippen LogP contribution in [0.15, 0.2) is 42.5 Å². The number of hydrazine groups is 1. The molecule has 1 aliphatic rings. The van der Waals surface area contributed by atoms with Gasteiger partial charge in [-0.05, 0) is 30.3 Å². The summed E-state index contributed by atoms with van der Waals surface area (Å²) >= 11 is 0. The highest BCUT2D eigenvalue weighted by Gasteiger charge is 2.31. The van der Waals surface area contributed by atoms with Crippen molar-refractivity contribution in [3.05, 3.63) is 48.0 Å². The van der Waals surface area contributed by atoms with E-state index < -0.39 is 17.7 Å². The van der Waals surface area contributed by atoms with Crippen molar-refractivity contribution in [1.29, 1.82) is 0 Å². The van der Waals surface area contributed by atoms with Crippen LogP contribution in [0.25, 0.3) is 0 Å². The minimum atomic E-state index is -1.35. The number of carboxylic acids is 1. The fourth-order valence-electron chi connectivity index (χ4n) is 2.17. The molecule has 0 saturated heterocycles. The van der Waals surface area contributed by atoms with Crippen molar-refractivity contribution in [3.8, 4) is 5.75 Å². The second-order valence-corrected chi connectivity index (χ2v) is 4.56. The summed E-state index contributed by atoms with van der Waals surface area (Å²) in [5, 5.41) is 32.8. The monoisotopic (exact) mass is 301 g/mol. The lowest BCUT2D eigenvalue weighted by molar-refractivity contribution is 0.0693. The van der Waals surface area contributed by atoms with Crippen molar-refractivity contribution in [3.63, 3.8) is 0 Å². The maximum absolute atomic E-state index is 12.1. The van der Waals surface area contributed by atoms with E-state index in [1.165, 1.54) is 6.07 Å². The Balaban J connectivity index is 2.07. The van der Waals surface area contributed by atoms with E-state index in [2.05, 4.69) is 5.32 Å². The Morgan fingerprint density at radius 1 is 1.14 bits per heavy atom. The molecule has 8 nitrogen and oxygen atoms in total. The molecule has 22 heavy (non-hydrogen) atoms. The van der Waals surface area contributed by atoms with Crippen LogP contribution < -0.4 is 15.5 Å². The molecule has 0 radical (unpaired) electrons. The molecule has 0 bridgehead atoms. The first-order chi connectivity index (χ1) is 10.5. The predicted molar refractivity (Wildman–Crippen MR) is 77.3 cm³/mol. The third-order valence-electron chi connectivity index (χ3n) is 3.20. The standard InChI is InChI=1S/C14H11N3O5/c18-12-6-5-8(7-9(12)13(19)20)16-14(21)15-10-3-1-2-4-11(10)17(16)22/h1-7,18,22H,(H,15,21)(H,19,20). The Morgan fingerprint density at radius 3 is 2.59 bits per heavy atom. The lowest BCUT2D eigenvalue weighted by Gasteiger charge is -2.36. The van der Waals surface area contributed by atoms with E-state index in [1.807, 2.05) is 0 Å². The van der Waals surface area contributed by atoms with Crippen LogP contribution in [0.1, 0.15) is 10.4 Å². The van der Waals surface area contributed by atoms with Gasteiger partial charge in [0.05, 0.1) is 11.4 Å². The van der Waals surface area contributed by atoms with Crippen LogP contribution in [0.3, 0.4) is 0 Å². The Hall–Kier alpha value is -3.26. The lowest BCUT2D eigenvalue weighted by atomic mass is 10.1. The summed E-state index contributed by atoms with van der Waals surface area (Å²) in [6.07, 6.45) is 0. The summed E-state index contributed by atoms with van der Waals surface area (Å²) in [6, 6.07) is 9.47. The van der Waals surface area contributed by atoms with E-state index in [0.717, 1.165) is 17.1 Å². The van der Waals surface area contributed by atoms with E-state index in [9.17, 15) is 19.9 Å². The second kappa shape index (κ2) is 4.93. The Morgan fingerprint density at radius 2 is 1.86 bits per heavy atom. The average Bonchev–Trinajstić information content (AvgIpc) is 2.48. The quantitative estimate of drug-likeness (QED) is 0.676. The molecule has 2 aromatic carbocycles. The van der Waals surface area contributed by atoms with Gasteiger partial charge in [-0.3, -0.25) is 5.21 Å². The largest absolute Gasteiger partial charge is 0.507 e. The van der Waals surface area contributed by atoms with Crippen LogP contribution in [0.5, 0.6) is 5.75 Å². The Kier molecular flexibility index (Phi) is 3.08. The number of nitrogens with zero attached hydrogens (tertiary/aromatic N) is 2. The predicted octanol–water partition coefficient (Wildman–Crippen LogP) is 2.25. The molecular weight excluding hydrogens is 290 g/mol. The number of carbonyl (C=O) groups is 2. The number of carbonyl (C=O) groups excluding carboxylic acids is 1. The maximum Gasteiger partial charge on any atom is 0.347 e. The first-order valence-corrected chi connectivity index (χ1v) is 6.24. The van der Waals surface area contributed by atoms with Gasteiger partial charge in [0.2, 0.25) is 0 Å². The third kappa shape index (κ3) is 2.07. The number of nitrogens with one attached hydrogen (secondary N) is 1. The molecule has 112 valence electrons. The minimum Gasteiger partial charge on any atom is -0.507 e. The van der Waals surface area contributed by atoms with Gasteiger partial charge in [0.25, 0.3) is 0 Å². The zero-order valence-electron chi connectivity index (χ0n) is 11.1. The highest BCUT2D eigenvalue weighted by Crippen LogP contribution is 2.34. The highest BCUT2D eigenvalue weighted by atomic mass is 16.6. The van der Waals surface area contributed by atoms with Crippen LogP contribution in [0, 0.1) is 0 Å². The van der Waals surface area contributed by atoms with E-state index >= 15 is 0 Å². The van der Waals surface area contributed by atoms with Crippen molar-refractivity contribution in [2.45, 2.75) is 0 Å². The van der Waals surface area contributed by atoms with E-state index in [-0.39, 0.29) is 11.3 Å². The number of phenols is 1. The van der Waals surface area contributed by atoms with Crippen molar-refractivity contribution in [2.24, 2.45) is 0 Å². The van der Waals surface area contributed by atoms with Gasteiger partial charge in [0.15, 0.2) is 0 Å². The first-order valence-electron chi connectivity index (χ1n) is 6.24. The van der Waals surface area contributed by atoms with Crippen LogP contribution in [0.2, 0.25) is 0 Å². The molecule has 1 aliphatic heterocycles. The number of aromatic hydroxyl groups is 1. The van der Waals surface area contributed by atoms with Crippen molar-refractivity contribution in [2.75, 3.05) is 15.5 Å². The normalized spacial score (nSPS) is 13.6. The Bertz CT molecular complexity index is 777. The summed E-state index contributed by atoms with van der Waals surface area (Å²) in [4.78, 5) is 23.2. The van der Waals surface area contributed by atoms with E-state index in [0.29, 0.717) is 16.5 Å². The van der Waals surface area contributed by atoms with Crippen LogP contribution in [-0.4, -0.2) is 27.4 Å². The number of aromatic carboxylic acids is 1. The average molecular weight is 301 g/mol. The molecule has 1 heterocycles. The number of rotatable bonds is 2. The lowest BCUT2D eigenvalue weighted by Crippen LogP contribution is -2.51. The van der Waals surface area contributed by atoms with Crippen LogP contribution in [-0.2, 0) is 0 Å². The summed E-state index contributed by atoms with van der Waals surface area (Å²) in [5.74, 6) is -1.78. The van der Waals surface area contributed by atoms with Gasteiger partial charge < -0.3 is 15.5 Å².